The third kappa shape index (κ3) is 2.70. The number of imidazole rings is 1. The molecule has 1 fully saturated rings. The van der Waals surface area contributed by atoms with E-state index >= 15 is 0 Å². The van der Waals surface area contributed by atoms with Crippen molar-refractivity contribution in [3.8, 4) is 6.07 Å². The van der Waals surface area contributed by atoms with Gasteiger partial charge in [0.25, 0.3) is 5.56 Å². The normalized spacial score (nSPS) is 17.8. The number of anilines is 1. The van der Waals surface area contributed by atoms with Gasteiger partial charge in [-0.05, 0) is 25.0 Å². The van der Waals surface area contributed by atoms with Gasteiger partial charge in [0.15, 0.2) is 11.2 Å². The van der Waals surface area contributed by atoms with Crippen molar-refractivity contribution in [2.24, 2.45) is 12.8 Å². The largest absolute Gasteiger partial charge is 0.341 e. The number of aryl methyl sites for hydroxylation is 1. The van der Waals surface area contributed by atoms with Crippen LogP contribution in [0.3, 0.4) is 0 Å². The first-order valence-electron chi connectivity index (χ1n) is 9.13. The standard InChI is InChI=1S/C19H21N7O2/c1-11(14-6-4-3-5-12(14)9-20)26-15-16(24(2)19(28)23-17(15)27)22-18(26)25-8-7-13(21)10-25/h3-6,11,13H,7-8,10,21H2,1-2H3,(H,23,27,28). The van der Waals surface area contributed by atoms with Gasteiger partial charge in [-0.25, -0.2) is 4.79 Å². The molecule has 0 saturated carbocycles. The predicted molar refractivity (Wildman–Crippen MR) is 105 cm³/mol. The molecule has 1 saturated heterocycles. The molecule has 2 atom stereocenters. The van der Waals surface area contributed by atoms with Crippen LogP contribution in [0.15, 0.2) is 33.9 Å². The topological polar surface area (TPSA) is 126 Å². The Kier molecular flexibility index (Phi) is 4.28. The van der Waals surface area contributed by atoms with Gasteiger partial charge in [-0.3, -0.25) is 18.9 Å². The van der Waals surface area contributed by atoms with Gasteiger partial charge in [-0.1, -0.05) is 18.2 Å². The number of nitrogens with zero attached hydrogens (tertiary/aromatic N) is 5. The van der Waals surface area contributed by atoms with Crippen molar-refractivity contribution >= 4 is 17.1 Å². The minimum Gasteiger partial charge on any atom is -0.341 e. The maximum Gasteiger partial charge on any atom is 0.329 e. The zero-order valence-corrected chi connectivity index (χ0v) is 15.7. The van der Waals surface area contributed by atoms with Gasteiger partial charge < -0.3 is 10.6 Å². The zero-order valence-electron chi connectivity index (χ0n) is 15.7. The van der Waals surface area contributed by atoms with E-state index in [0.717, 1.165) is 12.0 Å². The van der Waals surface area contributed by atoms with Crippen LogP contribution in [0.1, 0.15) is 30.5 Å². The van der Waals surface area contributed by atoms with Crippen molar-refractivity contribution in [2.75, 3.05) is 18.0 Å². The average molecular weight is 379 g/mol. The molecule has 0 radical (unpaired) electrons. The number of aromatic amines is 1. The second-order valence-electron chi connectivity index (χ2n) is 7.14. The molecule has 3 heterocycles. The van der Waals surface area contributed by atoms with E-state index in [9.17, 15) is 14.9 Å². The van der Waals surface area contributed by atoms with Gasteiger partial charge in [0.05, 0.1) is 17.7 Å². The summed E-state index contributed by atoms with van der Waals surface area (Å²) in [6.45, 7) is 3.24. The van der Waals surface area contributed by atoms with E-state index in [1.54, 1.807) is 19.2 Å². The van der Waals surface area contributed by atoms with Crippen molar-refractivity contribution in [2.45, 2.75) is 25.4 Å². The first kappa shape index (κ1) is 18.0. The van der Waals surface area contributed by atoms with Gasteiger partial charge >= 0.3 is 5.69 Å². The first-order chi connectivity index (χ1) is 13.4. The summed E-state index contributed by atoms with van der Waals surface area (Å²) in [6, 6.07) is 9.17. The molecule has 1 aromatic carbocycles. The lowest BCUT2D eigenvalue weighted by Gasteiger charge is -2.23. The van der Waals surface area contributed by atoms with Crippen molar-refractivity contribution in [1.82, 2.24) is 19.1 Å². The highest BCUT2D eigenvalue weighted by Crippen LogP contribution is 2.31. The van der Waals surface area contributed by atoms with E-state index in [-0.39, 0.29) is 12.1 Å². The third-order valence-electron chi connectivity index (χ3n) is 5.36. The van der Waals surface area contributed by atoms with Crippen LogP contribution in [-0.2, 0) is 7.05 Å². The lowest BCUT2D eigenvalue weighted by molar-refractivity contribution is 0.640. The Morgan fingerprint density at radius 1 is 1.36 bits per heavy atom. The number of aromatic nitrogens is 4. The Hall–Kier alpha value is -3.38. The Balaban J connectivity index is 2.03. The van der Waals surface area contributed by atoms with E-state index in [1.807, 2.05) is 28.5 Å². The Morgan fingerprint density at radius 3 is 2.79 bits per heavy atom. The Labute approximate surface area is 160 Å². The summed E-state index contributed by atoms with van der Waals surface area (Å²) in [5, 5.41) is 9.51. The smallest absolute Gasteiger partial charge is 0.329 e. The van der Waals surface area contributed by atoms with Crippen LogP contribution in [-0.4, -0.2) is 38.2 Å². The number of benzene rings is 1. The summed E-state index contributed by atoms with van der Waals surface area (Å²) >= 11 is 0. The van der Waals surface area contributed by atoms with Crippen LogP contribution in [0.2, 0.25) is 0 Å². The molecular formula is C19H21N7O2. The highest BCUT2D eigenvalue weighted by Gasteiger charge is 2.29. The maximum atomic E-state index is 12.7. The summed E-state index contributed by atoms with van der Waals surface area (Å²) < 4.78 is 3.14. The van der Waals surface area contributed by atoms with Crippen LogP contribution in [0.5, 0.6) is 0 Å². The summed E-state index contributed by atoms with van der Waals surface area (Å²) in [7, 11) is 1.57. The fraction of sp³-hybridized carbons (Fsp3) is 0.368. The molecule has 2 aromatic heterocycles. The molecule has 4 rings (SSSR count). The molecule has 3 N–H and O–H groups in total. The SMILES string of the molecule is CC(c1ccccc1C#N)n1c(N2CCC(N)C2)nc2c1c(=O)[nH]c(=O)n2C. The van der Waals surface area contributed by atoms with Crippen LogP contribution in [0.25, 0.3) is 11.2 Å². The lowest BCUT2D eigenvalue weighted by atomic mass is 10.0. The summed E-state index contributed by atoms with van der Waals surface area (Å²) in [5.41, 5.74) is 6.99. The number of nitrogens with one attached hydrogen (secondary N) is 1. The Morgan fingerprint density at radius 2 is 2.11 bits per heavy atom. The van der Waals surface area contributed by atoms with Crippen LogP contribution < -0.4 is 21.9 Å². The highest BCUT2D eigenvalue weighted by atomic mass is 16.2. The van der Waals surface area contributed by atoms with Crippen molar-refractivity contribution in [1.29, 1.82) is 5.26 Å². The summed E-state index contributed by atoms with van der Waals surface area (Å²) in [6.07, 6.45) is 0.821. The zero-order chi connectivity index (χ0) is 20.0. The van der Waals surface area contributed by atoms with Crippen LogP contribution in [0, 0.1) is 11.3 Å². The van der Waals surface area contributed by atoms with Gasteiger partial charge in [0.2, 0.25) is 5.95 Å². The molecule has 0 bridgehead atoms. The number of nitriles is 1. The van der Waals surface area contributed by atoms with E-state index < -0.39 is 11.2 Å². The minimum absolute atomic E-state index is 0.0251. The second-order valence-corrected chi connectivity index (χ2v) is 7.14. The molecule has 2 unspecified atom stereocenters. The van der Waals surface area contributed by atoms with Crippen molar-refractivity contribution < 1.29 is 0 Å². The number of fused-ring (bicyclic) bond motifs is 1. The lowest BCUT2D eigenvalue weighted by Crippen LogP contribution is -2.31. The predicted octanol–water partition coefficient (Wildman–Crippen LogP) is 0.442. The fourth-order valence-electron chi connectivity index (χ4n) is 3.85. The molecule has 0 spiro atoms. The quantitative estimate of drug-likeness (QED) is 0.680. The number of hydrogen-bond acceptors (Lipinski definition) is 6. The van der Waals surface area contributed by atoms with Gasteiger partial charge in [-0.15, -0.1) is 0 Å². The molecule has 9 heteroatoms. The molecule has 1 aliphatic rings. The summed E-state index contributed by atoms with van der Waals surface area (Å²) in [5.74, 6) is 0.579. The van der Waals surface area contributed by atoms with E-state index in [0.29, 0.717) is 35.8 Å². The minimum atomic E-state index is -0.517. The molecule has 1 aliphatic heterocycles. The van der Waals surface area contributed by atoms with E-state index in [2.05, 4.69) is 16.0 Å². The van der Waals surface area contributed by atoms with E-state index in [1.165, 1.54) is 4.57 Å². The highest BCUT2D eigenvalue weighted by molar-refractivity contribution is 5.75. The molecule has 3 aromatic rings. The van der Waals surface area contributed by atoms with Crippen molar-refractivity contribution in [3.63, 3.8) is 0 Å². The molecule has 28 heavy (non-hydrogen) atoms. The molecular weight excluding hydrogens is 358 g/mol. The molecule has 144 valence electrons. The number of hydrogen-bond donors (Lipinski definition) is 2. The summed E-state index contributed by atoms with van der Waals surface area (Å²) in [4.78, 5) is 33.8. The maximum absolute atomic E-state index is 12.7. The van der Waals surface area contributed by atoms with E-state index in [4.69, 9.17) is 5.73 Å². The van der Waals surface area contributed by atoms with Gasteiger partial charge in [0.1, 0.15) is 0 Å². The molecule has 0 aliphatic carbocycles. The first-order valence-corrected chi connectivity index (χ1v) is 9.13. The van der Waals surface area contributed by atoms with Crippen molar-refractivity contribution in [3.05, 3.63) is 56.2 Å². The monoisotopic (exact) mass is 379 g/mol. The second kappa shape index (κ2) is 6.65. The third-order valence-corrected chi connectivity index (χ3v) is 5.36. The molecule has 9 nitrogen and oxygen atoms in total. The Bertz CT molecular complexity index is 1210. The van der Waals surface area contributed by atoms with Gasteiger partial charge in [0, 0.05) is 26.2 Å². The van der Waals surface area contributed by atoms with Gasteiger partial charge in [-0.2, -0.15) is 10.2 Å². The van der Waals surface area contributed by atoms with Crippen LogP contribution in [0.4, 0.5) is 5.95 Å². The van der Waals surface area contributed by atoms with Crippen LogP contribution >= 0.6 is 0 Å². The fourth-order valence-corrected chi connectivity index (χ4v) is 3.85. The average Bonchev–Trinajstić information content (AvgIpc) is 3.29. The number of H-pyrrole nitrogens is 1. The molecule has 0 amide bonds. The number of rotatable bonds is 3. The number of nitrogens with two attached hydrogens (primary N) is 1.